The molecule has 0 radical (unpaired) electrons. The molecular weight excluding hydrogens is 372 g/mol. The standard InChI is InChI=1S/C21H20N4O2S/c1-24-20(15-7-3-2-4-8-15)22-23-21(24)28-14-12-19(27)25-13-11-18(26)16-9-5-6-10-17(16)25/h2-10H,11-14H2,1H3. The smallest absolute Gasteiger partial charge is 0.227 e. The first-order valence-electron chi connectivity index (χ1n) is 9.15. The van der Waals surface area contributed by atoms with E-state index in [4.69, 9.17) is 0 Å². The maximum absolute atomic E-state index is 12.7. The van der Waals surface area contributed by atoms with Gasteiger partial charge < -0.3 is 9.47 Å². The molecule has 0 atom stereocenters. The van der Waals surface area contributed by atoms with Gasteiger partial charge in [-0.15, -0.1) is 10.2 Å². The molecule has 0 saturated heterocycles. The molecule has 0 saturated carbocycles. The van der Waals surface area contributed by atoms with E-state index < -0.39 is 0 Å². The van der Waals surface area contributed by atoms with E-state index >= 15 is 0 Å². The molecule has 2 aromatic carbocycles. The summed E-state index contributed by atoms with van der Waals surface area (Å²) in [4.78, 5) is 26.5. The van der Waals surface area contributed by atoms with Gasteiger partial charge in [-0.1, -0.05) is 54.2 Å². The number of nitrogens with zero attached hydrogens (tertiary/aromatic N) is 4. The van der Waals surface area contributed by atoms with Crippen molar-refractivity contribution in [3.8, 4) is 11.4 Å². The van der Waals surface area contributed by atoms with Gasteiger partial charge in [0.15, 0.2) is 16.8 Å². The number of carbonyl (C=O) groups is 2. The summed E-state index contributed by atoms with van der Waals surface area (Å²) in [6.45, 7) is 0.446. The van der Waals surface area contributed by atoms with Crippen molar-refractivity contribution in [1.82, 2.24) is 14.8 Å². The topological polar surface area (TPSA) is 68.1 Å². The number of carbonyl (C=O) groups excluding carboxylic acids is 2. The molecule has 1 aliphatic rings. The molecule has 3 aromatic rings. The van der Waals surface area contributed by atoms with Gasteiger partial charge in [-0.25, -0.2) is 0 Å². The van der Waals surface area contributed by atoms with Crippen LogP contribution < -0.4 is 4.90 Å². The van der Waals surface area contributed by atoms with Crippen molar-refractivity contribution in [3.63, 3.8) is 0 Å². The van der Waals surface area contributed by atoms with Crippen LogP contribution in [-0.4, -0.2) is 38.8 Å². The summed E-state index contributed by atoms with van der Waals surface area (Å²) in [5.74, 6) is 1.53. The van der Waals surface area contributed by atoms with Gasteiger partial charge >= 0.3 is 0 Å². The van der Waals surface area contributed by atoms with Crippen LogP contribution in [0, 0.1) is 0 Å². The Morgan fingerprint density at radius 1 is 1.07 bits per heavy atom. The molecule has 0 N–H and O–H groups in total. The van der Waals surface area contributed by atoms with Crippen molar-refractivity contribution in [2.24, 2.45) is 7.05 Å². The summed E-state index contributed by atoms with van der Waals surface area (Å²) < 4.78 is 1.94. The molecule has 0 unspecified atom stereocenters. The summed E-state index contributed by atoms with van der Waals surface area (Å²) in [6, 6.07) is 17.2. The zero-order valence-electron chi connectivity index (χ0n) is 15.5. The monoisotopic (exact) mass is 392 g/mol. The van der Waals surface area contributed by atoms with E-state index in [0.29, 0.717) is 30.7 Å². The number of anilines is 1. The number of benzene rings is 2. The van der Waals surface area contributed by atoms with Gasteiger partial charge in [0.25, 0.3) is 0 Å². The van der Waals surface area contributed by atoms with Crippen LogP contribution in [0.3, 0.4) is 0 Å². The first-order chi connectivity index (χ1) is 13.6. The lowest BCUT2D eigenvalue weighted by molar-refractivity contribution is -0.118. The van der Waals surface area contributed by atoms with E-state index in [0.717, 1.165) is 22.2 Å². The SMILES string of the molecule is Cn1c(SCCC(=O)N2CCC(=O)c3ccccc32)nnc1-c1ccccc1. The Labute approximate surface area is 167 Å². The van der Waals surface area contributed by atoms with Crippen LogP contribution in [0.1, 0.15) is 23.2 Å². The Morgan fingerprint density at radius 2 is 1.82 bits per heavy atom. The highest BCUT2D eigenvalue weighted by molar-refractivity contribution is 7.99. The molecule has 142 valence electrons. The van der Waals surface area contributed by atoms with E-state index in [1.165, 1.54) is 11.8 Å². The maximum atomic E-state index is 12.7. The van der Waals surface area contributed by atoms with Crippen molar-refractivity contribution in [3.05, 3.63) is 60.2 Å². The van der Waals surface area contributed by atoms with Crippen molar-refractivity contribution < 1.29 is 9.59 Å². The Bertz CT molecular complexity index is 1020. The zero-order chi connectivity index (χ0) is 19.5. The van der Waals surface area contributed by atoms with Gasteiger partial charge in [-0.2, -0.15) is 0 Å². The number of aromatic nitrogens is 3. The molecule has 1 aromatic heterocycles. The van der Waals surface area contributed by atoms with Crippen LogP contribution >= 0.6 is 11.8 Å². The largest absolute Gasteiger partial charge is 0.311 e. The van der Waals surface area contributed by atoms with E-state index in [1.807, 2.05) is 60.1 Å². The Kier molecular flexibility index (Phi) is 5.25. The summed E-state index contributed by atoms with van der Waals surface area (Å²) in [6.07, 6.45) is 0.750. The van der Waals surface area contributed by atoms with Gasteiger partial charge in [-0.05, 0) is 12.1 Å². The second-order valence-corrected chi connectivity index (χ2v) is 7.63. The molecule has 0 spiro atoms. The second-order valence-electron chi connectivity index (χ2n) is 6.57. The number of Topliss-reactive ketones (excluding diaryl/α,β-unsaturated/α-hetero) is 1. The number of rotatable bonds is 5. The van der Waals surface area contributed by atoms with Crippen LogP contribution in [0.2, 0.25) is 0 Å². The van der Waals surface area contributed by atoms with Crippen molar-refractivity contribution in [1.29, 1.82) is 0 Å². The number of thioether (sulfide) groups is 1. The fraction of sp³-hybridized carbons (Fsp3) is 0.238. The quantitative estimate of drug-likeness (QED) is 0.621. The van der Waals surface area contributed by atoms with Crippen LogP contribution in [0.15, 0.2) is 59.8 Å². The van der Waals surface area contributed by atoms with Crippen LogP contribution in [0.4, 0.5) is 5.69 Å². The average molecular weight is 392 g/mol. The first-order valence-corrected chi connectivity index (χ1v) is 10.1. The number of hydrogen-bond acceptors (Lipinski definition) is 5. The van der Waals surface area contributed by atoms with Crippen LogP contribution in [0.25, 0.3) is 11.4 Å². The van der Waals surface area contributed by atoms with E-state index in [9.17, 15) is 9.59 Å². The summed E-state index contributed by atoms with van der Waals surface area (Å²) in [5.41, 5.74) is 2.37. The molecule has 7 heteroatoms. The number of para-hydroxylation sites is 1. The molecule has 1 amide bonds. The van der Waals surface area contributed by atoms with Crippen molar-refractivity contribution in [2.75, 3.05) is 17.2 Å². The van der Waals surface area contributed by atoms with E-state index in [2.05, 4.69) is 10.2 Å². The second kappa shape index (κ2) is 7.98. The van der Waals surface area contributed by atoms with Crippen LogP contribution in [0.5, 0.6) is 0 Å². The normalized spacial score (nSPS) is 13.5. The van der Waals surface area contributed by atoms with Crippen molar-refractivity contribution >= 4 is 29.1 Å². The third kappa shape index (κ3) is 3.57. The van der Waals surface area contributed by atoms with Gasteiger partial charge in [-0.3, -0.25) is 9.59 Å². The molecule has 6 nitrogen and oxygen atoms in total. The molecule has 0 bridgehead atoms. The summed E-state index contributed by atoms with van der Waals surface area (Å²) >= 11 is 1.51. The fourth-order valence-electron chi connectivity index (χ4n) is 3.32. The van der Waals surface area contributed by atoms with Gasteiger partial charge in [0, 0.05) is 43.3 Å². The molecule has 1 aliphatic heterocycles. The Morgan fingerprint density at radius 3 is 2.64 bits per heavy atom. The number of hydrogen-bond donors (Lipinski definition) is 0. The molecule has 2 heterocycles. The lowest BCUT2D eigenvalue weighted by atomic mass is 10.0. The molecule has 4 rings (SSSR count). The third-order valence-electron chi connectivity index (χ3n) is 4.77. The number of fused-ring (bicyclic) bond motifs is 1. The highest BCUT2D eigenvalue weighted by atomic mass is 32.2. The highest BCUT2D eigenvalue weighted by Gasteiger charge is 2.26. The molecular formula is C21H20N4O2S. The molecule has 0 fully saturated rings. The average Bonchev–Trinajstić information content (AvgIpc) is 3.09. The summed E-state index contributed by atoms with van der Waals surface area (Å²) in [7, 11) is 1.93. The predicted octanol–water partition coefficient (Wildman–Crippen LogP) is 3.58. The zero-order valence-corrected chi connectivity index (χ0v) is 16.4. The van der Waals surface area contributed by atoms with Crippen molar-refractivity contribution in [2.45, 2.75) is 18.0 Å². The third-order valence-corrected chi connectivity index (χ3v) is 5.79. The predicted molar refractivity (Wildman–Crippen MR) is 110 cm³/mol. The minimum Gasteiger partial charge on any atom is -0.311 e. The Hall–Kier alpha value is -2.93. The maximum Gasteiger partial charge on any atom is 0.227 e. The fourth-order valence-corrected chi connectivity index (χ4v) is 4.15. The number of ketones is 1. The van der Waals surface area contributed by atoms with Gasteiger partial charge in [0.1, 0.15) is 0 Å². The lowest BCUT2D eigenvalue weighted by Gasteiger charge is -2.28. The summed E-state index contributed by atoms with van der Waals surface area (Å²) in [5, 5.41) is 9.30. The highest BCUT2D eigenvalue weighted by Crippen LogP contribution is 2.28. The van der Waals surface area contributed by atoms with E-state index in [1.54, 1.807) is 11.0 Å². The lowest BCUT2D eigenvalue weighted by Crippen LogP contribution is -2.37. The van der Waals surface area contributed by atoms with Gasteiger partial charge in [0.05, 0.1) is 5.69 Å². The first kappa shape index (κ1) is 18.4. The number of amides is 1. The van der Waals surface area contributed by atoms with Crippen LogP contribution in [-0.2, 0) is 11.8 Å². The molecule has 28 heavy (non-hydrogen) atoms. The van der Waals surface area contributed by atoms with Gasteiger partial charge in [0.2, 0.25) is 5.91 Å². The molecule has 0 aliphatic carbocycles. The minimum atomic E-state index is 0.0258. The Balaban J connectivity index is 1.40. The minimum absolute atomic E-state index is 0.0258. The van der Waals surface area contributed by atoms with E-state index in [-0.39, 0.29) is 11.7 Å².